The van der Waals surface area contributed by atoms with E-state index in [0.29, 0.717) is 11.1 Å². The number of rotatable bonds is 3. The van der Waals surface area contributed by atoms with Gasteiger partial charge in [-0.2, -0.15) is 13.2 Å². The topological polar surface area (TPSA) is 0 Å². The van der Waals surface area contributed by atoms with E-state index in [9.17, 15) is 13.2 Å². The Bertz CT molecular complexity index is 465. The van der Waals surface area contributed by atoms with Crippen molar-refractivity contribution in [3.8, 4) is 0 Å². The third kappa shape index (κ3) is 3.09. The number of alkyl halides is 3. The summed E-state index contributed by atoms with van der Waals surface area (Å²) in [6.45, 7) is 8.88. The molecule has 0 aromatic heterocycles. The zero-order valence-electron chi connectivity index (χ0n) is 9.51. The van der Waals surface area contributed by atoms with Crippen LogP contribution in [0.2, 0.25) is 0 Å². The molecule has 0 bridgehead atoms. The fourth-order valence-electron chi connectivity index (χ4n) is 1.50. The molecule has 1 aromatic carbocycles. The van der Waals surface area contributed by atoms with Crippen LogP contribution in [0, 0.1) is 6.92 Å². The minimum atomic E-state index is -4.33. The van der Waals surface area contributed by atoms with Gasteiger partial charge in [0.25, 0.3) is 0 Å². The van der Waals surface area contributed by atoms with Gasteiger partial charge in [-0.25, -0.2) is 0 Å². The Hall–Kier alpha value is -1.77. The predicted molar refractivity (Wildman–Crippen MR) is 64.6 cm³/mol. The van der Waals surface area contributed by atoms with Crippen molar-refractivity contribution in [2.45, 2.75) is 13.1 Å². The van der Waals surface area contributed by atoms with Gasteiger partial charge in [0.15, 0.2) is 0 Å². The zero-order chi connectivity index (χ0) is 13.1. The molecule has 90 valence electrons. The fourth-order valence-corrected chi connectivity index (χ4v) is 1.50. The molecule has 0 saturated carbocycles. The van der Waals surface area contributed by atoms with Crippen LogP contribution in [0.1, 0.15) is 16.7 Å². The number of benzene rings is 1. The molecule has 0 spiro atoms. The SMILES string of the molecule is C=C/C=C(\C=C)c1cc(C(F)(F)F)ccc1C. The van der Waals surface area contributed by atoms with E-state index < -0.39 is 11.7 Å². The highest BCUT2D eigenvalue weighted by Crippen LogP contribution is 2.32. The molecule has 0 atom stereocenters. The third-order valence-electron chi connectivity index (χ3n) is 2.39. The van der Waals surface area contributed by atoms with Crippen molar-refractivity contribution in [3.63, 3.8) is 0 Å². The molecule has 0 amide bonds. The van der Waals surface area contributed by atoms with Crippen LogP contribution in [0.25, 0.3) is 5.57 Å². The van der Waals surface area contributed by atoms with Gasteiger partial charge in [0.05, 0.1) is 5.56 Å². The summed E-state index contributed by atoms with van der Waals surface area (Å²) in [6.07, 6.45) is 0.347. The smallest absolute Gasteiger partial charge is 0.166 e. The second-order valence-electron chi connectivity index (χ2n) is 3.59. The van der Waals surface area contributed by atoms with Crippen LogP contribution in [0.4, 0.5) is 13.2 Å². The molecule has 1 rings (SSSR count). The maximum atomic E-state index is 12.6. The molecule has 0 saturated heterocycles. The van der Waals surface area contributed by atoms with Crippen molar-refractivity contribution in [2.75, 3.05) is 0 Å². The minimum Gasteiger partial charge on any atom is -0.166 e. The Morgan fingerprint density at radius 3 is 2.35 bits per heavy atom. The van der Waals surface area contributed by atoms with Gasteiger partial charge in [0.1, 0.15) is 0 Å². The van der Waals surface area contributed by atoms with E-state index in [2.05, 4.69) is 13.2 Å². The summed E-state index contributed by atoms with van der Waals surface area (Å²) in [5, 5.41) is 0. The summed E-state index contributed by atoms with van der Waals surface area (Å²) in [6, 6.07) is 3.67. The van der Waals surface area contributed by atoms with Crippen LogP contribution in [0.5, 0.6) is 0 Å². The first-order valence-electron chi connectivity index (χ1n) is 5.03. The van der Waals surface area contributed by atoms with Gasteiger partial charge >= 0.3 is 6.18 Å². The monoisotopic (exact) mass is 238 g/mol. The van der Waals surface area contributed by atoms with Crippen molar-refractivity contribution in [1.29, 1.82) is 0 Å². The molecule has 0 nitrogen and oxygen atoms in total. The maximum Gasteiger partial charge on any atom is 0.416 e. The molecule has 0 heterocycles. The van der Waals surface area contributed by atoms with E-state index in [1.54, 1.807) is 13.0 Å². The lowest BCUT2D eigenvalue weighted by Crippen LogP contribution is -2.05. The van der Waals surface area contributed by atoms with Crippen molar-refractivity contribution < 1.29 is 13.2 Å². The molecule has 0 aliphatic rings. The minimum absolute atomic E-state index is 0.523. The Morgan fingerprint density at radius 2 is 1.88 bits per heavy atom. The molecular weight excluding hydrogens is 225 g/mol. The van der Waals surface area contributed by atoms with Crippen molar-refractivity contribution in [2.24, 2.45) is 0 Å². The number of hydrogen-bond acceptors (Lipinski definition) is 0. The second-order valence-corrected chi connectivity index (χ2v) is 3.59. The van der Waals surface area contributed by atoms with Gasteiger partial charge in [0, 0.05) is 0 Å². The van der Waals surface area contributed by atoms with Gasteiger partial charge in [-0.1, -0.05) is 37.5 Å². The molecule has 0 fully saturated rings. The summed E-state index contributed by atoms with van der Waals surface area (Å²) >= 11 is 0. The molecule has 0 unspecified atom stereocenters. The lowest BCUT2D eigenvalue weighted by atomic mass is 9.97. The van der Waals surface area contributed by atoms with Gasteiger partial charge in [0.2, 0.25) is 0 Å². The van der Waals surface area contributed by atoms with Crippen molar-refractivity contribution in [1.82, 2.24) is 0 Å². The van der Waals surface area contributed by atoms with E-state index >= 15 is 0 Å². The Balaban J connectivity index is 3.37. The largest absolute Gasteiger partial charge is 0.416 e. The van der Waals surface area contributed by atoms with Crippen LogP contribution >= 0.6 is 0 Å². The number of halogens is 3. The normalized spacial score (nSPS) is 12.4. The van der Waals surface area contributed by atoms with Gasteiger partial charge < -0.3 is 0 Å². The summed E-state index contributed by atoms with van der Waals surface area (Å²) in [4.78, 5) is 0. The predicted octanol–water partition coefficient (Wildman–Crippen LogP) is 4.77. The average molecular weight is 238 g/mol. The van der Waals surface area contributed by atoms with E-state index in [-0.39, 0.29) is 0 Å². The first-order chi connectivity index (χ1) is 7.90. The summed E-state index contributed by atoms with van der Waals surface area (Å²) in [7, 11) is 0. The summed E-state index contributed by atoms with van der Waals surface area (Å²) < 4.78 is 37.8. The molecule has 3 heteroatoms. The number of aryl methyl sites for hydroxylation is 1. The highest BCUT2D eigenvalue weighted by molar-refractivity contribution is 5.77. The van der Waals surface area contributed by atoms with Crippen molar-refractivity contribution >= 4 is 5.57 Å². The summed E-state index contributed by atoms with van der Waals surface area (Å²) in [5.41, 5.74) is 1.26. The summed E-state index contributed by atoms with van der Waals surface area (Å²) in [5.74, 6) is 0. The molecule has 0 aliphatic carbocycles. The van der Waals surface area contributed by atoms with Crippen molar-refractivity contribution in [3.05, 3.63) is 66.3 Å². The van der Waals surface area contributed by atoms with E-state index in [1.807, 2.05) is 0 Å². The Morgan fingerprint density at radius 1 is 1.24 bits per heavy atom. The Kier molecular flexibility index (Phi) is 3.94. The van der Waals surface area contributed by atoms with E-state index in [1.165, 1.54) is 18.2 Å². The molecule has 0 radical (unpaired) electrons. The number of hydrogen-bond donors (Lipinski definition) is 0. The lowest BCUT2D eigenvalue weighted by molar-refractivity contribution is -0.137. The molecular formula is C14H13F3. The lowest BCUT2D eigenvalue weighted by Gasteiger charge is -2.12. The standard InChI is InChI=1S/C14H13F3/c1-4-6-11(5-2)13-9-12(14(15,16)17)8-7-10(13)3/h4-9H,1-2H2,3H3/b11-6+. The quantitative estimate of drug-likeness (QED) is 0.665. The maximum absolute atomic E-state index is 12.6. The van der Waals surface area contributed by atoms with Gasteiger partial charge in [-0.05, 0) is 35.8 Å². The fraction of sp³-hybridized carbons (Fsp3) is 0.143. The van der Waals surface area contributed by atoms with Gasteiger partial charge in [-0.15, -0.1) is 0 Å². The first kappa shape index (κ1) is 13.3. The van der Waals surface area contributed by atoms with E-state index in [4.69, 9.17) is 0 Å². The Labute approximate surface area is 98.8 Å². The zero-order valence-corrected chi connectivity index (χ0v) is 9.51. The third-order valence-corrected chi connectivity index (χ3v) is 2.39. The molecule has 17 heavy (non-hydrogen) atoms. The van der Waals surface area contributed by atoms with Crippen LogP contribution < -0.4 is 0 Å². The average Bonchev–Trinajstić information content (AvgIpc) is 2.25. The van der Waals surface area contributed by atoms with Crippen LogP contribution in [-0.4, -0.2) is 0 Å². The number of allylic oxidation sites excluding steroid dienone is 4. The molecule has 0 aliphatic heterocycles. The van der Waals surface area contributed by atoms with Crippen LogP contribution in [0.3, 0.4) is 0 Å². The van der Waals surface area contributed by atoms with Crippen LogP contribution in [-0.2, 0) is 6.18 Å². The van der Waals surface area contributed by atoms with E-state index in [0.717, 1.165) is 17.7 Å². The molecule has 1 aromatic rings. The highest BCUT2D eigenvalue weighted by Gasteiger charge is 2.30. The highest BCUT2D eigenvalue weighted by atomic mass is 19.4. The molecule has 0 N–H and O–H groups in total. The van der Waals surface area contributed by atoms with Gasteiger partial charge in [-0.3, -0.25) is 0 Å². The van der Waals surface area contributed by atoms with Crippen LogP contribution in [0.15, 0.2) is 49.6 Å². The first-order valence-corrected chi connectivity index (χ1v) is 5.03. The second kappa shape index (κ2) is 5.04.